The molecule has 2 aliphatic rings. The lowest BCUT2D eigenvalue weighted by molar-refractivity contribution is 0.0832. The molecule has 164 valence electrons. The first-order chi connectivity index (χ1) is 15.5. The summed E-state index contributed by atoms with van der Waals surface area (Å²) in [5.41, 5.74) is 5.50. The van der Waals surface area contributed by atoms with Crippen LogP contribution in [0.2, 0.25) is 0 Å². The molecule has 1 N–H and O–H groups in total. The summed E-state index contributed by atoms with van der Waals surface area (Å²) in [6.45, 7) is 5.48. The first kappa shape index (κ1) is 21.5. The molecule has 0 spiro atoms. The van der Waals surface area contributed by atoms with Crippen molar-refractivity contribution in [2.45, 2.75) is 40.0 Å². The standard InChI is InChI=1S/C26H25NO3S2/c1-18(20-8-11-26-22(16-20)17-21-4-2-3-5-25(21)31-26)19-6-9-24(10-7-19)32(28,29)27-23-12-14-30-15-13-23/h2-11,16,23,27H,1,12-15,17H2. The molecule has 32 heavy (non-hydrogen) atoms. The molecule has 2 aliphatic heterocycles. The molecular weight excluding hydrogens is 438 g/mol. The third-order valence-electron chi connectivity index (χ3n) is 6.04. The van der Waals surface area contributed by atoms with E-state index >= 15 is 0 Å². The van der Waals surface area contributed by atoms with Crippen LogP contribution in [0.1, 0.15) is 35.1 Å². The van der Waals surface area contributed by atoms with Crippen LogP contribution in [0.3, 0.4) is 0 Å². The van der Waals surface area contributed by atoms with Gasteiger partial charge in [0.25, 0.3) is 0 Å². The van der Waals surface area contributed by atoms with Gasteiger partial charge in [0.05, 0.1) is 4.90 Å². The number of nitrogens with one attached hydrogen (secondary N) is 1. The third-order valence-corrected chi connectivity index (χ3v) is 8.81. The summed E-state index contributed by atoms with van der Waals surface area (Å²) < 4.78 is 33.6. The van der Waals surface area contributed by atoms with Crippen molar-refractivity contribution in [1.29, 1.82) is 0 Å². The summed E-state index contributed by atoms with van der Waals surface area (Å²) in [4.78, 5) is 2.87. The Morgan fingerprint density at radius 2 is 1.59 bits per heavy atom. The maximum absolute atomic E-state index is 12.7. The lowest BCUT2D eigenvalue weighted by atomic mass is 9.95. The van der Waals surface area contributed by atoms with E-state index in [0.717, 1.165) is 23.1 Å². The number of fused-ring (bicyclic) bond motifs is 2. The minimum atomic E-state index is -3.55. The summed E-state index contributed by atoms with van der Waals surface area (Å²) >= 11 is 1.81. The van der Waals surface area contributed by atoms with Crippen LogP contribution in [0.4, 0.5) is 0 Å². The summed E-state index contributed by atoms with van der Waals surface area (Å²) in [6.07, 6.45) is 2.32. The van der Waals surface area contributed by atoms with Gasteiger partial charge in [-0.2, -0.15) is 0 Å². The Balaban J connectivity index is 1.33. The second-order valence-electron chi connectivity index (χ2n) is 8.22. The molecule has 0 aliphatic carbocycles. The maximum atomic E-state index is 12.7. The predicted octanol–water partition coefficient (Wildman–Crippen LogP) is 5.26. The monoisotopic (exact) mass is 463 g/mol. The van der Waals surface area contributed by atoms with Crippen molar-refractivity contribution in [3.05, 3.63) is 95.6 Å². The van der Waals surface area contributed by atoms with E-state index in [4.69, 9.17) is 4.74 Å². The molecule has 0 radical (unpaired) electrons. The Morgan fingerprint density at radius 3 is 2.38 bits per heavy atom. The van der Waals surface area contributed by atoms with Gasteiger partial charge in [0, 0.05) is 29.0 Å². The van der Waals surface area contributed by atoms with Crippen LogP contribution in [0.15, 0.2) is 88.0 Å². The Labute approximate surface area is 193 Å². The lowest BCUT2D eigenvalue weighted by Gasteiger charge is -2.23. The smallest absolute Gasteiger partial charge is 0.240 e. The van der Waals surface area contributed by atoms with Crippen molar-refractivity contribution in [2.75, 3.05) is 13.2 Å². The third kappa shape index (κ3) is 4.41. The van der Waals surface area contributed by atoms with Crippen LogP contribution in [0, 0.1) is 0 Å². The molecule has 1 saturated heterocycles. The number of ether oxygens (including phenoxy) is 1. The van der Waals surface area contributed by atoms with E-state index in [2.05, 4.69) is 53.8 Å². The molecule has 0 saturated carbocycles. The van der Waals surface area contributed by atoms with E-state index in [1.54, 1.807) is 23.9 Å². The number of hydrogen-bond acceptors (Lipinski definition) is 4. The average molecular weight is 464 g/mol. The van der Waals surface area contributed by atoms with Crippen molar-refractivity contribution in [2.24, 2.45) is 0 Å². The number of benzene rings is 3. The Bertz CT molecular complexity index is 1260. The lowest BCUT2D eigenvalue weighted by Crippen LogP contribution is -2.38. The average Bonchev–Trinajstić information content (AvgIpc) is 2.82. The molecule has 5 rings (SSSR count). The Morgan fingerprint density at radius 1 is 0.906 bits per heavy atom. The van der Waals surface area contributed by atoms with Crippen molar-refractivity contribution >= 4 is 27.4 Å². The minimum absolute atomic E-state index is 0.0677. The zero-order chi connectivity index (χ0) is 22.1. The topological polar surface area (TPSA) is 55.4 Å². The summed E-state index contributed by atoms with van der Waals surface area (Å²) in [7, 11) is -3.55. The zero-order valence-electron chi connectivity index (χ0n) is 17.7. The molecule has 0 atom stereocenters. The number of hydrogen-bond donors (Lipinski definition) is 1. The second-order valence-corrected chi connectivity index (χ2v) is 11.0. The van der Waals surface area contributed by atoms with Gasteiger partial charge >= 0.3 is 0 Å². The largest absolute Gasteiger partial charge is 0.381 e. The number of sulfonamides is 1. The summed E-state index contributed by atoms with van der Waals surface area (Å²) in [6, 6.07) is 21.9. The summed E-state index contributed by atoms with van der Waals surface area (Å²) in [5, 5.41) is 0. The van der Waals surface area contributed by atoms with Crippen LogP contribution in [0.5, 0.6) is 0 Å². The summed E-state index contributed by atoms with van der Waals surface area (Å²) in [5.74, 6) is 0. The van der Waals surface area contributed by atoms with E-state index in [-0.39, 0.29) is 10.9 Å². The fraction of sp³-hybridized carbons (Fsp3) is 0.231. The highest BCUT2D eigenvalue weighted by Gasteiger charge is 2.22. The first-order valence-electron chi connectivity index (χ1n) is 10.8. The zero-order valence-corrected chi connectivity index (χ0v) is 19.3. The molecule has 1 fully saturated rings. The second kappa shape index (κ2) is 8.87. The van der Waals surface area contributed by atoms with E-state index in [1.165, 1.54) is 20.9 Å². The van der Waals surface area contributed by atoms with E-state index in [0.29, 0.717) is 26.1 Å². The van der Waals surface area contributed by atoms with E-state index < -0.39 is 10.0 Å². The fourth-order valence-electron chi connectivity index (χ4n) is 4.18. The molecule has 0 bridgehead atoms. The van der Waals surface area contributed by atoms with Crippen LogP contribution in [-0.2, 0) is 21.2 Å². The van der Waals surface area contributed by atoms with Gasteiger partial charge in [0.2, 0.25) is 10.0 Å². The molecule has 6 heteroatoms. The van der Waals surface area contributed by atoms with Crippen molar-refractivity contribution in [1.82, 2.24) is 4.72 Å². The molecule has 3 aromatic carbocycles. The highest BCUT2D eigenvalue weighted by molar-refractivity contribution is 7.99. The minimum Gasteiger partial charge on any atom is -0.381 e. The van der Waals surface area contributed by atoms with Crippen LogP contribution in [-0.4, -0.2) is 27.7 Å². The van der Waals surface area contributed by atoms with Crippen LogP contribution >= 0.6 is 11.8 Å². The molecular formula is C26H25NO3S2. The van der Waals surface area contributed by atoms with Gasteiger partial charge < -0.3 is 4.74 Å². The van der Waals surface area contributed by atoms with Gasteiger partial charge in [0.15, 0.2) is 0 Å². The fourth-order valence-corrected chi connectivity index (χ4v) is 6.54. The normalized spacial score (nSPS) is 16.2. The first-order valence-corrected chi connectivity index (χ1v) is 13.1. The van der Waals surface area contributed by atoms with E-state index in [9.17, 15) is 8.42 Å². The Kier molecular flexibility index (Phi) is 5.95. The SMILES string of the molecule is C=C(c1ccc(S(=O)(=O)NC2CCOCC2)cc1)c1ccc2c(c1)Cc1ccccc1S2. The maximum Gasteiger partial charge on any atom is 0.240 e. The van der Waals surface area contributed by atoms with Crippen molar-refractivity contribution in [3.63, 3.8) is 0 Å². The molecule has 3 aromatic rings. The van der Waals surface area contributed by atoms with Crippen molar-refractivity contribution < 1.29 is 13.2 Å². The van der Waals surface area contributed by atoms with Gasteiger partial charge in [-0.25, -0.2) is 13.1 Å². The van der Waals surface area contributed by atoms with E-state index in [1.807, 2.05) is 12.1 Å². The van der Waals surface area contributed by atoms with Crippen molar-refractivity contribution in [3.8, 4) is 0 Å². The van der Waals surface area contributed by atoms with Gasteiger partial charge in [0.1, 0.15) is 0 Å². The Hall–Kier alpha value is -2.38. The molecule has 4 nitrogen and oxygen atoms in total. The highest BCUT2D eigenvalue weighted by atomic mass is 32.2. The quantitative estimate of drug-likeness (QED) is 0.439. The molecule has 0 unspecified atom stereocenters. The predicted molar refractivity (Wildman–Crippen MR) is 129 cm³/mol. The number of rotatable bonds is 5. The van der Waals surface area contributed by atoms with Gasteiger partial charge in [-0.15, -0.1) is 0 Å². The molecule has 0 aromatic heterocycles. The van der Waals surface area contributed by atoms with Crippen LogP contribution < -0.4 is 4.72 Å². The van der Waals surface area contributed by atoms with Gasteiger partial charge in [-0.3, -0.25) is 0 Å². The highest BCUT2D eigenvalue weighted by Crippen LogP contribution is 2.40. The molecule has 2 heterocycles. The van der Waals surface area contributed by atoms with Gasteiger partial charge in [-0.1, -0.05) is 54.7 Å². The van der Waals surface area contributed by atoms with Crippen LogP contribution in [0.25, 0.3) is 5.57 Å². The van der Waals surface area contributed by atoms with Gasteiger partial charge in [-0.05, 0) is 77.4 Å². The molecule has 0 amide bonds.